The normalized spacial score (nSPS) is 21.0. The van der Waals surface area contributed by atoms with E-state index in [4.69, 9.17) is 0 Å². The zero-order valence-corrected chi connectivity index (χ0v) is 20.9. The summed E-state index contributed by atoms with van der Waals surface area (Å²) in [6.45, 7) is 6.01. The molecule has 0 aromatic carbocycles. The Kier molecular flexibility index (Phi) is 8.49. The summed E-state index contributed by atoms with van der Waals surface area (Å²) in [4.78, 5) is 63.9. The third-order valence-corrected chi connectivity index (χ3v) is 6.84. The van der Waals surface area contributed by atoms with Crippen molar-refractivity contribution in [3.05, 3.63) is 0 Å². The maximum atomic E-state index is 13.5. The predicted molar refractivity (Wildman–Crippen MR) is 122 cm³/mol. The molecular formula is C23H36F2N4O6. The molecule has 2 rings (SSSR count). The molecule has 2 unspecified atom stereocenters. The number of nitrogens with zero attached hydrogens (tertiary/aromatic N) is 1. The van der Waals surface area contributed by atoms with E-state index in [0.29, 0.717) is 13.3 Å². The summed E-state index contributed by atoms with van der Waals surface area (Å²) in [7, 11) is 1.22. The molecule has 0 radical (unpaired) electrons. The number of nitrogens with one attached hydrogen (secondary N) is 3. The highest BCUT2D eigenvalue weighted by molar-refractivity contribution is 6.38. The first-order chi connectivity index (χ1) is 16.0. The summed E-state index contributed by atoms with van der Waals surface area (Å²) in [5.41, 5.74) is -1.09. The van der Waals surface area contributed by atoms with Gasteiger partial charge in [-0.2, -0.15) is 0 Å². The number of carbonyl (C=O) groups is 5. The summed E-state index contributed by atoms with van der Waals surface area (Å²) < 4.78 is 26.9. The SMILES string of the molecule is CNC(=O)C(=O)C(CCC(C)(F)F)NC(=O)[C@@H]1CC2(CCC2)CN1C(=O)C(NC(=O)O)C(C)(C)C. The molecule has 1 heterocycles. The quantitative estimate of drug-likeness (QED) is 0.353. The highest BCUT2D eigenvalue weighted by atomic mass is 19.3. The molecule has 0 aromatic heterocycles. The number of halogens is 2. The maximum absolute atomic E-state index is 13.5. The van der Waals surface area contributed by atoms with Gasteiger partial charge in [0.25, 0.3) is 5.91 Å². The second-order valence-corrected chi connectivity index (χ2v) is 10.9. The molecule has 2 aliphatic rings. The van der Waals surface area contributed by atoms with Gasteiger partial charge in [-0.05, 0) is 43.4 Å². The van der Waals surface area contributed by atoms with E-state index in [9.17, 15) is 37.9 Å². The lowest BCUT2D eigenvalue weighted by atomic mass is 9.67. The van der Waals surface area contributed by atoms with E-state index in [1.807, 2.05) is 0 Å². The van der Waals surface area contributed by atoms with Crippen LogP contribution in [-0.2, 0) is 19.2 Å². The summed E-state index contributed by atoms with van der Waals surface area (Å²) >= 11 is 0. The number of hydrogen-bond acceptors (Lipinski definition) is 5. The number of carboxylic acid groups (broad SMARTS) is 1. The highest BCUT2D eigenvalue weighted by Crippen LogP contribution is 2.50. The van der Waals surface area contributed by atoms with Gasteiger partial charge in [0.05, 0.1) is 6.04 Å². The Morgan fingerprint density at radius 2 is 1.69 bits per heavy atom. The number of amides is 4. The van der Waals surface area contributed by atoms with Crippen molar-refractivity contribution in [2.75, 3.05) is 13.6 Å². The van der Waals surface area contributed by atoms with Gasteiger partial charge in [0, 0.05) is 20.0 Å². The zero-order chi connectivity index (χ0) is 26.8. The topological polar surface area (TPSA) is 145 Å². The van der Waals surface area contributed by atoms with Crippen LogP contribution >= 0.6 is 0 Å². The largest absolute Gasteiger partial charge is 0.465 e. The van der Waals surface area contributed by atoms with E-state index < -0.39 is 71.9 Å². The van der Waals surface area contributed by atoms with Crippen LogP contribution in [0.1, 0.15) is 66.2 Å². The van der Waals surface area contributed by atoms with E-state index >= 15 is 0 Å². The molecule has 1 saturated heterocycles. The Balaban J connectivity index is 2.31. The van der Waals surface area contributed by atoms with E-state index in [2.05, 4.69) is 16.0 Å². The minimum atomic E-state index is -3.11. The molecule has 1 saturated carbocycles. The Morgan fingerprint density at radius 3 is 2.11 bits per heavy atom. The van der Waals surface area contributed by atoms with Crippen molar-refractivity contribution >= 4 is 29.6 Å². The highest BCUT2D eigenvalue weighted by Gasteiger charge is 2.53. The van der Waals surface area contributed by atoms with Crippen LogP contribution in [0, 0.1) is 10.8 Å². The number of alkyl halides is 2. The fraction of sp³-hybridized carbons (Fsp3) is 0.783. The fourth-order valence-electron chi connectivity index (χ4n) is 4.72. The van der Waals surface area contributed by atoms with E-state index in [1.54, 1.807) is 20.8 Å². The number of hydrogen-bond donors (Lipinski definition) is 4. The zero-order valence-electron chi connectivity index (χ0n) is 20.9. The number of Topliss-reactive ketones (excluding diaryl/α,β-unsaturated/α-hetero) is 1. The summed E-state index contributed by atoms with van der Waals surface area (Å²) in [6, 6.07) is -3.64. The summed E-state index contributed by atoms with van der Waals surface area (Å²) in [5.74, 6) is -6.49. The second kappa shape index (κ2) is 10.4. The van der Waals surface area contributed by atoms with Crippen LogP contribution in [0.25, 0.3) is 0 Å². The third kappa shape index (κ3) is 7.11. The minimum Gasteiger partial charge on any atom is -0.465 e. The third-order valence-electron chi connectivity index (χ3n) is 6.84. The number of rotatable bonds is 9. The average Bonchev–Trinajstić information content (AvgIpc) is 3.13. The van der Waals surface area contributed by atoms with Crippen LogP contribution in [0.3, 0.4) is 0 Å². The van der Waals surface area contributed by atoms with Crippen molar-refractivity contribution in [1.82, 2.24) is 20.9 Å². The lowest BCUT2D eigenvalue weighted by Crippen LogP contribution is -2.59. The van der Waals surface area contributed by atoms with Gasteiger partial charge in [0.2, 0.25) is 23.5 Å². The number of ketones is 1. The summed E-state index contributed by atoms with van der Waals surface area (Å²) in [6.07, 6.45) is 0.236. The Hall–Kier alpha value is -2.79. The molecule has 35 heavy (non-hydrogen) atoms. The molecule has 4 N–H and O–H groups in total. The molecule has 10 nitrogen and oxygen atoms in total. The van der Waals surface area contributed by atoms with Crippen LogP contribution in [0.15, 0.2) is 0 Å². The Labute approximate surface area is 203 Å². The fourth-order valence-corrected chi connectivity index (χ4v) is 4.72. The minimum absolute atomic E-state index is 0.249. The van der Waals surface area contributed by atoms with Crippen LogP contribution in [0.2, 0.25) is 0 Å². The molecule has 0 aromatic rings. The Morgan fingerprint density at radius 1 is 1.09 bits per heavy atom. The van der Waals surface area contributed by atoms with Gasteiger partial charge < -0.3 is 26.0 Å². The van der Waals surface area contributed by atoms with E-state index in [0.717, 1.165) is 19.3 Å². The molecule has 1 aliphatic carbocycles. The first-order valence-corrected chi connectivity index (χ1v) is 11.7. The standard InChI is InChI=1S/C23H36F2N4O6/c1-21(2,3)16(28-20(34)35)19(33)29-12-23(8-6-9-23)11-14(29)17(31)27-13(7-10-22(4,24)25)15(30)18(32)26-5/h13-14,16,28H,6-12H2,1-5H3,(H,26,32)(H,27,31)(H,34,35)/t13?,14-,16?/m0/s1. The van der Waals surface area contributed by atoms with Crippen LogP contribution in [-0.4, -0.2) is 77.2 Å². The monoisotopic (exact) mass is 502 g/mol. The number of likely N-dealkylation sites (tertiary alicyclic amines) is 1. The van der Waals surface area contributed by atoms with Gasteiger partial charge in [-0.3, -0.25) is 19.2 Å². The predicted octanol–water partition coefficient (Wildman–Crippen LogP) is 1.68. The first kappa shape index (κ1) is 28.4. The second-order valence-electron chi connectivity index (χ2n) is 10.9. The van der Waals surface area contributed by atoms with Crippen LogP contribution in [0.5, 0.6) is 0 Å². The Bertz CT molecular complexity index is 863. The maximum Gasteiger partial charge on any atom is 0.405 e. The van der Waals surface area contributed by atoms with Crippen molar-refractivity contribution in [3.63, 3.8) is 0 Å². The average molecular weight is 503 g/mol. The summed E-state index contributed by atoms with van der Waals surface area (Å²) in [5, 5.41) is 16.1. The molecule has 3 atom stereocenters. The van der Waals surface area contributed by atoms with Crippen molar-refractivity contribution < 1.29 is 37.9 Å². The van der Waals surface area contributed by atoms with Crippen LogP contribution in [0.4, 0.5) is 13.6 Å². The number of carbonyl (C=O) groups excluding carboxylic acids is 4. The molecule has 4 amide bonds. The molecule has 12 heteroatoms. The lowest BCUT2D eigenvalue weighted by molar-refractivity contribution is -0.144. The van der Waals surface area contributed by atoms with Crippen LogP contribution < -0.4 is 16.0 Å². The molecule has 1 spiro atoms. The molecule has 1 aliphatic heterocycles. The van der Waals surface area contributed by atoms with Gasteiger partial charge in [-0.15, -0.1) is 0 Å². The van der Waals surface area contributed by atoms with Gasteiger partial charge in [-0.25, -0.2) is 13.6 Å². The van der Waals surface area contributed by atoms with Gasteiger partial charge in [0.1, 0.15) is 12.1 Å². The van der Waals surface area contributed by atoms with E-state index in [1.165, 1.54) is 11.9 Å². The van der Waals surface area contributed by atoms with Crippen molar-refractivity contribution in [2.45, 2.75) is 90.3 Å². The smallest absolute Gasteiger partial charge is 0.405 e. The van der Waals surface area contributed by atoms with Crippen molar-refractivity contribution in [2.24, 2.45) is 10.8 Å². The molecule has 198 valence electrons. The van der Waals surface area contributed by atoms with Gasteiger partial charge in [-0.1, -0.05) is 27.2 Å². The van der Waals surface area contributed by atoms with Crippen molar-refractivity contribution in [3.8, 4) is 0 Å². The lowest BCUT2D eigenvalue weighted by Gasteiger charge is -2.39. The van der Waals surface area contributed by atoms with E-state index in [-0.39, 0.29) is 12.0 Å². The van der Waals surface area contributed by atoms with Gasteiger partial charge in [0.15, 0.2) is 0 Å². The first-order valence-electron chi connectivity index (χ1n) is 11.7. The van der Waals surface area contributed by atoms with Gasteiger partial charge >= 0.3 is 6.09 Å². The molecular weight excluding hydrogens is 466 g/mol. The molecule has 0 bridgehead atoms. The van der Waals surface area contributed by atoms with Crippen molar-refractivity contribution in [1.29, 1.82) is 0 Å². The number of likely N-dealkylation sites (N-methyl/N-ethyl adjacent to an activating group) is 1. The molecule has 2 fully saturated rings.